The second kappa shape index (κ2) is 5.74. The maximum Gasteiger partial charge on any atom is 0.374 e. The molecule has 4 nitrogen and oxygen atoms in total. The third-order valence-corrected chi connectivity index (χ3v) is 4.68. The smallest absolute Gasteiger partial charge is 0.374 e. The first kappa shape index (κ1) is 14.5. The number of fused-ring (bicyclic) bond motifs is 2. The first-order valence-electron chi connectivity index (χ1n) is 7.28. The Hall–Kier alpha value is -2.45. The van der Waals surface area contributed by atoms with E-state index in [1.165, 1.54) is 7.11 Å². The molecule has 2 aliphatic carbocycles. The Morgan fingerprint density at radius 3 is 2.32 bits per heavy atom. The van der Waals surface area contributed by atoms with E-state index in [0.29, 0.717) is 5.57 Å². The molecule has 4 atom stereocenters. The van der Waals surface area contributed by atoms with Crippen LogP contribution in [0.5, 0.6) is 0 Å². The molecule has 0 saturated heterocycles. The molecular weight excluding hydrogens is 280 g/mol. The summed E-state index contributed by atoms with van der Waals surface area (Å²) >= 11 is 0. The van der Waals surface area contributed by atoms with Gasteiger partial charge in [0.2, 0.25) is 5.78 Å². The summed E-state index contributed by atoms with van der Waals surface area (Å²) in [6.07, 6.45) is 4.80. The molecule has 1 aromatic rings. The number of hydrogen-bond donors (Lipinski definition) is 0. The van der Waals surface area contributed by atoms with Gasteiger partial charge in [0.1, 0.15) is 5.94 Å². The fraction of sp³-hybridized carbons (Fsp3) is 0.333. The molecule has 4 unspecified atom stereocenters. The lowest BCUT2D eigenvalue weighted by atomic mass is 9.74. The number of carbonyl (C=O) groups excluding carboxylic acids is 3. The number of methoxy groups -OCH3 is 1. The first-order chi connectivity index (χ1) is 10.7. The Labute approximate surface area is 128 Å². The van der Waals surface area contributed by atoms with E-state index in [4.69, 9.17) is 0 Å². The van der Waals surface area contributed by atoms with E-state index in [1.807, 2.05) is 48.4 Å². The number of carbonyl (C=O) groups is 2. The number of benzene rings is 1. The van der Waals surface area contributed by atoms with Gasteiger partial charge in [0.25, 0.3) is 0 Å². The van der Waals surface area contributed by atoms with Crippen LogP contribution in [0.4, 0.5) is 0 Å². The minimum Gasteiger partial charge on any atom is -0.463 e. The van der Waals surface area contributed by atoms with Gasteiger partial charge < -0.3 is 4.74 Å². The van der Waals surface area contributed by atoms with Gasteiger partial charge in [-0.2, -0.15) is 0 Å². The standard InChI is InChI=1S/C18H16O4/c1-22-18(21)17(20)16-13-8-7-12(9-13)15(16)14(10-19)11-5-3-2-4-6-11/h2-8,12-13,15-16H,9H2,1H3. The van der Waals surface area contributed by atoms with E-state index in [2.05, 4.69) is 4.74 Å². The molecule has 0 heterocycles. The van der Waals surface area contributed by atoms with Crippen LogP contribution in [0.2, 0.25) is 0 Å². The van der Waals surface area contributed by atoms with E-state index in [9.17, 15) is 14.4 Å². The highest BCUT2D eigenvalue weighted by molar-refractivity contribution is 6.35. The third-order valence-electron chi connectivity index (χ3n) is 4.68. The number of ketones is 1. The molecule has 2 aliphatic rings. The van der Waals surface area contributed by atoms with Gasteiger partial charge in [0, 0.05) is 17.4 Å². The fourth-order valence-electron chi connectivity index (χ4n) is 3.75. The summed E-state index contributed by atoms with van der Waals surface area (Å²) in [4.78, 5) is 35.6. The highest BCUT2D eigenvalue weighted by Crippen LogP contribution is 2.52. The van der Waals surface area contributed by atoms with Gasteiger partial charge in [0.15, 0.2) is 0 Å². The molecule has 3 rings (SSSR count). The minimum absolute atomic E-state index is 0.00587. The van der Waals surface area contributed by atoms with Gasteiger partial charge in [-0.3, -0.25) is 4.79 Å². The monoisotopic (exact) mass is 296 g/mol. The molecule has 0 aliphatic heterocycles. The number of esters is 1. The number of ether oxygens (including phenoxy) is 1. The lowest BCUT2D eigenvalue weighted by Crippen LogP contribution is -2.34. The Morgan fingerprint density at radius 1 is 1.09 bits per heavy atom. The Morgan fingerprint density at radius 2 is 1.73 bits per heavy atom. The maximum absolute atomic E-state index is 12.4. The van der Waals surface area contributed by atoms with Gasteiger partial charge in [-0.15, -0.1) is 0 Å². The Balaban J connectivity index is 2.00. The van der Waals surface area contributed by atoms with Crippen LogP contribution in [0.15, 0.2) is 42.5 Å². The zero-order valence-electron chi connectivity index (χ0n) is 12.2. The average molecular weight is 296 g/mol. The van der Waals surface area contributed by atoms with Crippen LogP contribution in [0.3, 0.4) is 0 Å². The van der Waals surface area contributed by atoms with E-state index < -0.39 is 17.7 Å². The van der Waals surface area contributed by atoms with Gasteiger partial charge >= 0.3 is 5.97 Å². The molecule has 1 fully saturated rings. The summed E-state index contributed by atoms with van der Waals surface area (Å²) in [6, 6.07) is 9.20. The summed E-state index contributed by atoms with van der Waals surface area (Å²) in [5.41, 5.74) is 1.23. The number of rotatable bonds is 4. The molecular formula is C18H16O4. The lowest BCUT2D eigenvalue weighted by molar-refractivity contribution is -0.154. The molecule has 112 valence electrons. The minimum atomic E-state index is -0.839. The van der Waals surface area contributed by atoms with Crippen LogP contribution in [-0.2, 0) is 19.1 Å². The molecule has 1 aromatic carbocycles. The van der Waals surface area contributed by atoms with E-state index in [-0.39, 0.29) is 17.8 Å². The van der Waals surface area contributed by atoms with Crippen molar-refractivity contribution in [2.24, 2.45) is 23.7 Å². The van der Waals surface area contributed by atoms with Crippen molar-refractivity contribution in [2.45, 2.75) is 6.42 Å². The van der Waals surface area contributed by atoms with E-state index >= 15 is 0 Å². The van der Waals surface area contributed by atoms with Crippen LogP contribution in [-0.4, -0.2) is 24.8 Å². The molecule has 0 radical (unpaired) electrons. The molecule has 2 bridgehead atoms. The highest BCUT2D eigenvalue weighted by atomic mass is 16.5. The van der Waals surface area contributed by atoms with Crippen LogP contribution in [0.25, 0.3) is 5.57 Å². The zero-order chi connectivity index (χ0) is 15.7. The van der Waals surface area contributed by atoms with Gasteiger partial charge in [-0.25, -0.2) is 9.59 Å². The summed E-state index contributed by atoms with van der Waals surface area (Å²) in [6.45, 7) is 0. The molecule has 4 heteroatoms. The van der Waals surface area contributed by atoms with Crippen LogP contribution in [0.1, 0.15) is 12.0 Å². The Bertz CT molecular complexity index is 682. The van der Waals surface area contributed by atoms with Crippen molar-refractivity contribution in [2.75, 3.05) is 7.11 Å². The quantitative estimate of drug-likeness (QED) is 0.369. The summed E-state index contributed by atoms with van der Waals surface area (Å²) < 4.78 is 4.58. The molecule has 0 spiro atoms. The molecule has 0 amide bonds. The van der Waals surface area contributed by atoms with Crippen molar-refractivity contribution in [3.63, 3.8) is 0 Å². The van der Waals surface area contributed by atoms with Gasteiger partial charge in [-0.05, 0) is 23.8 Å². The SMILES string of the molecule is COC(=O)C(=O)C1C2C=CC(C2)C1C(=C=O)c1ccccc1. The van der Waals surface area contributed by atoms with Crippen molar-refractivity contribution in [1.29, 1.82) is 0 Å². The molecule has 1 saturated carbocycles. The van der Waals surface area contributed by atoms with E-state index in [1.54, 1.807) is 0 Å². The summed E-state index contributed by atoms with van der Waals surface area (Å²) in [5.74, 6) is -0.113. The van der Waals surface area contributed by atoms with E-state index in [0.717, 1.165) is 12.0 Å². The van der Waals surface area contributed by atoms with Crippen LogP contribution < -0.4 is 0 Å². The summed E-state index contributed by atoms with van der Waals surface area (Å²) in [5, 5.41) is 0. The van der Waals surface area contributed by atoms with Crippen molar-refractivity contribution < 1.29 is 19.1 Å². The molecule has 0 aromatic heterocycles. The number of hydrogen-bond acceptors (Lipinski definition) is 4. The fourth-order valence-corrected chi connectivity index (χ4v) is 3.75. The Kier molecular flexibility index (Phi) is 3.78. The summed E-state index contributed by atoms with van der Waals surface area (Å²) in [7, 11) is 1.20. The van der Waals surface area contributed by atoms with Gasteiger partial charge in [-0.1, -0.05) is 42.5 Å². The molecule has 0 N–H and O–H groups in total. The first-order valence-corrected chi connectivity index (χ1v) is 7.28. The van der Waals surface area contributed by atoms with Gasteiger partial charge in [0.05, 0.1) is 7.11 Å². The highest BCUT2D eigenvalue weighted by Gasteiger charge is 2.51. The predicted molar refractivity (Wildman–Crippen MR) is 80.3 cm³/mol. The van der Waals surface area contributed by atoms with Crippen molar-refractivity contribution >= 4 is 23.3 Å². The van der Waals surface area contributed by atoms with Crippen molar-refractivity contribution in [3.8, 4) is 0 Å². The normalized spacial score (nSPS) is 28.2. The second-order valence-electron chi connectivity index (χ2n) is 5.74. The zero-order valence-corrected chi connectivity index (χ0v) is 12.2. The number of allylic oxidation sites excluding steroid dienone is 3. The van der Waals surface area contributed by atoms with Crippen LogP contribution in [0, 0.1) is 23.7 Å². The number of Topliss-reactive ketones (excluding diaryl/α,β-unsaturated/α-hetero) is 1. The third kappa shape index (κ3) is 2.22. The van der Waals surface area contributed by atoms with Crippen molar-refractivity contribution in [1.82, 2.24) is 0 Å². The maximum atomic E-state index is 12.4. The largest absolute Gasteiger partial charge is 0.463 e. The van der Waals surface area contributed by atoms with Crippen molar-refractivity contribution in [3.05, 3.63) is 48.0 Å². The average Bonchev–Trinajstić information content (AvgIpc) is 3.17. The second-order valence-corrected chi connectivity index (χ2v) is 5.74. The lowest BCUT2D eigenvalue weighted by Gasteiger charge is -2.26. The van der Waals surface area contributed by atoms with Crippen LogP contribution >= 0.6 is 0 Å². The predicted octanol–water partition coefficient (Wildman–Crippen LogP) is 2.08. The molecule has 22 heavy (non-hydrogen) atoms. The topological polar surface area (TPSA) is 60.4 Å².